The molecule has 0 aliphatic rings. The fourth-order valence-electron chi connectivity index (χ4n) is 2.54. The minimum absolute atomic E-state index is 0.0969. The molecule has 3 aromatic rings. The SMILES string of the molecule is CC(=O)/C(C#N)=C/c1cn(Cc2ccc(F)cc2)c2ncccc12. The van der Waals surface area contributed by atoms with Crippen molar-refractivity contribution >= 4 is 22.9 Å². The van der Waals surface area contributed by atoms with Crippen molar-refractivity contribution in [1.29, 1.82) is 5.26 Å². The molecule has 1 aromatic carbocycles. The van der Waals surface area contributed by atoms with E-state index in [1.54, 1.807) is 24.4 Å². The summed E-state index contributed by atoms with van der Waals surface area (Å²) in [5.41, 5.74) is 2.53. The summed E-state index contributed by atoms with van der Waals surface area (Å²) in [6, 6.07) is 11.9. The summed E-state index contributed by atoms with van der Waals surface area (Å²) in [4.78, 5) is 15.9. The number of ketones is 1. The van der Waals surface area contributed by atoms with E-state index in [4.69, 9.17) is 5.26 Å². The Kier molecular flexibility index (Phi) is 4.21. The lowest BCUT2D eigenvalue weighted by Gasteiger charge is -2.04. The Morgan fingerprint density at radius 1 is 1.33 bits per heavy atom. The lowest BCUT2D eigenvalue weighted by molar-refractivity contribution is -0.113. The van der Waals surface area contributed by atoms with E-state index in [0.717, 1.165) is 22.2 Å². The third-order valence-corrected chi connectivity index (χ3v) is 3.73. The molecular formula is C19H14FN3O. The molecule has 0 amide bonds. The number of hydrogen-bond donors (Lipinski definition) is 0. The van der Waals surface area contributed by atoms with E-state index < -0.39 is 0 Å². The van der Waals surface area contributed by atoms with Gasteiger partial charge in [-0.25, -0.2) is 9.37 Å². The number of rotatable bonds is 4. The lowest BCUT2D eigenvalue weighted by Crippen LogP contribution is -1.99. The van der Waals surface area contributed by atoms with Gasteiger partial charge in [0.05, 0.1) is 5.57 Å². The molecule has 2 aromatic heterocycles. The number of pyridine rings is 1. The Bertz CT molecular complexity index is 978. The van der Waals surface area contributed by atoms with Crippen molar-refractivity contribution in [2.45, 2.75) is 13.5 Å². The second-order valence-electron chi connectivity index (χ2n) is 5.44. The van der Waals surface area contributed by atoms with Crippen molar-refractivity contribution in [3.8, 4) is 6.07 Å². The van der Waals surface area contributed by atoms with Crippen molar-refractivity contribution in [1.82, 2.24) is 9.55 Å². The molecule has 0 radical (unpaired) electrons. The number of carbonyl (C=O) groups excluding carboxylic acids is 1. The monoisotopic (exact) mass is 319 g/mol. The topological polar surface area (TPSA) is 58.7 Å². The van der Waals surface area contributed by atoms with Crippen LogP contribution in [0.2, 0.25) is 0 Å². The number of hydrogen-bond acceptors (Lipinski definition) is 3. The van der Waals surface area contributed by atoms with E-state index in [1.807, 2.05) is 29.0 Å². The molecule has 0 saturated heterocycles. The molecule has 118 valence electrons. The van der Waals surface area contributed by atoms with Crippen LogP contribution >= 0.6 is 0 Å². The number of benzene rings is 1. The van der Waals surface area contributed by atoms with Crippen molar-refractivity contribution in [2.24, 2.45) is 0 Å². The predicted octanol–water partition coefficient (Wildman–Crippen LogP) is 3.72. The summed E-state index contributed by atoms with van der Waals surface area (Å²) in [6.45, 7) is 1.88. The van der Waals surface area contributed by atoms with Gasteiger partial charge in [0.15, 0.2) is 5.78 Å². The number of allylic oxidation sites excluding steroid dienone is 1. The molecule has 2 heterocycles. The van der Waals surface area contributed by atoms with E-state index in [0.29, 0.717) is 6.54 Å². The van der Waals surface area contributed by atoms with Crippen molar-refractivity contribution in [2.75, 3.05) is 0 Å². The Balaban J connectivity index is 2.08. The summed E-state index contributed by atoms with van der Waals surface area (Å²) in [5.74, 6) is -0.557. The molecule has 0 bridgehead atoms. The first kappa shape index (κ1) is 15.6. The summed E-state index contributed by atoms with van der Waals surface area (Å²) in [7, 11) is 0. The molecule has 5 heteroatoms. The predicted molar refractivity (Wildman–Crippen MR) is 89.5 cm³/mol. The molecule has 3 rings (SSSR count). The van der Waals surface area contributed by atoms with Gasteiger partial charge in [-0.2, -0.15) is 5.26 Å². The summed E-state index contributed by atoms with van der Waals surface area (Å²) < 4.78 is 15.0. The number of aromatic nitrogens is 2. The average Bonchev–Trinajstić information content (AvgIpc) is 2.92. The third-order valence-electron chi connectivity index (χ3n) is 3.73. The number of carbonyl (C=O) groups is 1. The number of nitriles is 1. The molecule has 0 unspecified atom stereocenters. The first-order chi connectivity index (χ1) is 11.6. The van der Waals surface area contributed by atoms with E-state index in [9.17, 15) is 9.18 Å². The second-order valence-corrected chi connectivity index (χ2v) is 5.44. The number of Topliss-reactive ketones (excluding diaryl/α,β-unsaturated/α-hetero) is 1. The zero-order chi connectivity index (χ0) is 17.1. The van der Waals surface area contributed by atoms with E-state index in [-0.39, 0.29) is 17.2 Å². The highest BCUT2D eigenvalue weighted by atomic mass is 19.1. The Morgan fingerprint density at radius 3 is 2.75 bits per heavy atom. The van der Waals surface area contributed by atoms with Crippen molar-refractivity contribution in [3.63, 3.8) is 0 Å². The van der Waals surface area contributed by atoms with Crippen LogP contribution in [0, 0.1) is 17.1 Å². The molecule has 0 saturated carbocycles. The van der Waals surface area contributed by atoms with Gasteiger partial charge in [0.2, 0.25) is 0 Å². The van der Waals surface area contributed by atoms with Crippen LogP contribution in [0.3, 0.4) is 0 Å². The fourth-order valence-corrected chi connectivity index (χ4v) is 2.54. The summed E-state index contributed by atoms with van der Waals surface area (Å²) >= 11 is 0. The molecule has 4 nitrogen and oxygen atoms in total. The largest absolute Gasteiger partial charge is 0.327 e. The molecule has 0 aliphatic heterocycles. The zero-order valence-electron chi connectivity index (χ0n) is 13.0. The van der Waals surface area contributed by atoms with Crippen LogP contribution in [0.25, 0.3) is 17.1 Å². The van der Waals surface area contributed by atoms with Gasteiger partial charge in [0.1, 0.15) is 17.5 Å². The minimum atomic E-state index is -0.280. The van der Waals surface area contributed by atoms with Gasteiger partial charge in [-0.05, 0) is 42.8 Å². The minimum Gasteiger partial charge on any atom is -0.327 e. The van der Waals surface area contributed by atoms with E-state index in [2.05, 4.69) is 4.98 Å². The lowest BCUT2D eigenvalue weighted by atomic mass is 10.1. The zero-order valence-corrected chi connectivity index (χ0v) is 13.0. The highest BCUT2D eigenvalue weighted by molar-refractivity contribution is 6.03. The fraction of sp³-hybridized carbons (Fsp3) is 0.105. The quantitative estimate of drug-likeness (QED) is 0.544. The summed E-state index contributed by atoms with van der Waals surface area (Å²) in [6.07, 6.45) is 5.11. The van der Waals surface area contributed by atoms with Gasteiger partial charge >= 0.3 is 0 Å². The maximum absolute atomic E-state index is 13.1. The van der Waals surface area contributed by atoms with Crippen LogP contribution in [0.4, 0.5) is 4.39 Å². The first-order valence-corrected chi connectivity index (χ1v) is 7.39. The van der Waals surface area contributed by atoms with Gasteiger partial charge in [0.25, 0.3) is 0 Å². The van der Waals surface area contributed by atoms with Crippen LogP contribution in [0.5, 0.6) is 0 Å². The maximum Gasteiger partial charge on any atom is 0.170 e. The van der Waals surface area contributed by atoms with Crippen LogP contribution in [0.15, 0.2) is 54.4 Å². The maximum atomic E-state index is 13.1. The van der Waals surface area contributed by atoms with Crippen molar-refractivity contribution in [3.05, 3.63) is 71.3 Å². The van der Waals surface area contributed by atoms with E-state index >= 15 is 0 Å². The van der Waals surface area contributed by atoms with Gasteiger partial charge in [0, 0.05) is 29.9 Å². The normalized spacial score (nSPS) is 11.5. The van der Waals surface area contributed by atoms with Gasteiger partial charge < -0.3 is 4.57 Å². The Hall–Kier alpha value is -3.26. The number of nitrogens with zero attached hydrogens (tertiary/aromatic N) is 3. The third kappa shape index (κ3) is 3.08. The smallest absolute Gasteiger partial charge is 0.170 e. The number of fused-ring (bicyclic) bond motifs is 1. The molecular weight excluding hydrogens is 305 g/mol. The van der Waals surface area contributed by atoms with Gasteiger partial charge in [-0.15, -0.1) is 0 Å². The molecule has 24 heavy (non-hydrogen) atoms. The standard InChI is InChI=1S/C19H14FN3O/c1-13(24)15(10-21)9-16-12-23(19-18(16)3-2-8-22-19)11-14-4-6-17(20)7-5-14/h2-9,12H,11H2,1H3/b15-9+. The highest BCUT2D eigenvalue weighted by Gasteiger charge is 2.11. The molecule has 0 atom stereocenters. The summed E-state index contributed by atoms with van der Waals surface area (Å²) in [5, 5.41) is 9.96. The van der Waals surface area contributed by atoms with E-state index in [1.165, 1.54) is 19.1 Å². The van der Waals surface area contributed by atoms with Gasteiger partial charge in [-0.1, -0.05) is 12.1 Å². The van der Waals surface area contributed by atoms with Gasteiger partial charge in [-0.3, -0.25) is 4.79 Å². The first-order valence-electron chi connectivity index (χ1n) is 7.39. The Morgan fingerprint density at radius 2 is 2.08 bits per heavy atom. The molecule has 0 aliphatic carbocycles. The molecule has 0 N–H and O–H groups in total. The van der Waals surface area contributed by atoms with Crippen LogP contribution < -0.4 is 0 Å². The molecule has 0 spiro atoms. The van der Waals surface area contributed by atoms with Crippen molar-refractivity contribution < 1.29 is 9.18 Å². The van der Waals surface area contributed by atoms with Crippen LogP contribution in [-0.2, 0) is 11.3 Å². The number of halogens is 1. The van der Waals surface area contributed by atoms with Crippen LogP contribution in [-0.4, -0.2) is 15.3 Å². The van der Waals surface area contributed by atoms with Crippen LogP contribution in [0.1, 0.15) is 18.1 Å². The Labute approximate surface area is 138 Å². The second kappa shape index (κ2) is 6.47. The molecule has 0 fully saturated rings. The highest BCUT2D eigenvalue weighted by Crippen LogP contribution is 2.23. The average molecular weight is 319 g/mol.